The van der Waals surface area contributed by atoms with Gasteiger partial charge in [-0.25, -0.2) is 0 Å². The number of benzene rings is 1. The fourth-order valence-corrected chi connectivity index (χ4v) is 1.62. The zero-order chi connectivity index (χ0) is 10.6. The molecular weight excluding hydrogens is 242 g/mol. The summed E-state index contributed by atoms with van der Waals surface area (Å²) >= 11 is 17.2. The molecule has 0 bridgehead atoms. The Kier molecular flexibility index (Phi) is 4.73. The minimum atomic E-state index is -0.0156. The molecule has 0 heterocycles. The van der Waals surface area contributed by atoms with Gasteiger partial charge < -0.3 is 0 Å². The highest BCUT2D eigenvalue weighted by Crippen LogP contribution is 2.26. The van der Waals surface area contributed by atoms with Gasteiger partial charge in [-0.15, -0.1) is 11.6 Å². The van der Waals surface area contributed by atoms with Crippen molar-refractivity contribution in [3.63, 3.8) is 0 Å². The Bertz CT molecular complexity index is 336. The topological polar surface area (TPSA) is 17.1 Å². The molecule has 0 aliphatic heterocycles. The normalized spacial score (nSPS) is 10.2. The molecule has 0 aliphatic carbocycles. The molecule has 0 spiro atoms. The maximum absolute atomic E-state index is 11.6. The number of hydrogen-bond donors (Lipinski definition) is 0. The first-order valence-corrected chi connectivity index (χ1v) is 5.49. The molecule has 1 aromatic rings. The maximum Gasteiger partial charge on any atom is 0.164 e. The molecule has 4 heteroatoms. The molecule has 1 rings (SSSR count). The number of halogens is 3. The van der Waals surface area contributed by atoms with E-state index in [0.29, 0.717) is 34.3 Å². The number of hydrogen-bond acceptors (Lipinski definition) is 1. The zero-order valence-corrected chi connectivity index (χ0v) is 9.66. The molecule has 0 radical (unpaired) electrons. The molecule has 1 nitrogen and oxygen atoms in total. The third-order valence-electron chi connectivity index (χ3n) is 1.79. The van der Waals surface area contributed by atoms with Gasteiger partial charge in [0.25, 0.3) is 0 Å². The first kappa shape index (κ1) is 11.8. The standard InChI is InChI=1S/C10H9Cl3O/c11-6-2-5-9(14)7-3-1-4-8(12)10(7)13/h1,3-4H,2,5-6H2. The van der Waals surface area contributed by atoms with E-state index in [4.69, 9.17) is 34.8 Å². The summed E-state index contributed by atoms with van der Waals surface area (Å²) in [4.78, 5) is 11.6. The number of ketones is 1. The second-order valence-electron chi connectivity index (χ2n) is 2.82. The van der Waals surface area contributed by atoms with Crippen molar-refractivity contribution in [1.29, 1.82) is 0 Å². The van der Waals surface area contributed by atoms with Gasteiger partial charge in [-0.1, -0.05) is 29.3 Å². The summed E-state index contributed by atoms with van der Waals surface area (Å²) < 4.78 is 0. The van der Waals surface area contributed by atoms with E-state index in [2.05, 4.69) is 0 Å². The average molecular weight is 252 g/mol. The van der Waals surface area contributed by atoms with E-state index in [1.165, 1.54) is 0 Å². The van der Waals surface area contributed by atoms with Gasteiger partial charge in [0.2, 0.25) is 0 Å². The lowest BCUT2D eigenvalue weighted by atomic mass is 10.1. The first-order chi connectivity index (χ1) is 6.66. The minimum Gasteiger partial charge on any atom is -0.294 e. The second-order valence-corrected chi connectivity index (χ2v) is 3.98. The largest absolute Gasteiger partial charge is 0.294 e. The minimum absolute atomic E-state index is 0.0156. The van der Waals surface area contributed by atoms with Gasteiger partial charge in [-0.3, -0.25) is 4.79 Å². The predicted octanol–water partition coefficient (Wildman–Crippen LogP) is 4.20. The van der Waals surface area contributed by atoms with Crippen LogP contribution in [-0.2, 0) is 0 Å². The molecule has 0 atom stereocenters. The zero-order valence-electron chi connectivity index (χ0n) is 7.40. The third-order valence-corrected chi connectivity index (χ3v) is 2.88. The van der Waals surface area contributed by atoms with E-state index < -0.39 is 0 Å². The van der Waals surface area contributed by atoms with Crippen molar-refractivity contribution in [2.24, 2.45) is 0 Å². The molecule has 0 saturated carbocycles. The Morgan fingerprint density at radius 3 is 2.64 bits per heavy atom. The number of carbonyl (C=O) groups is 1. The van der Waals surface area contributed by atoms with E-state index in [0.717, 1.165) is 0 Å². The Morgan fingerprint density at radius 2 is 2.00 bits per heavy atom. The first-order valence-electron chi connectivity index (χ1n) is 4.20. The van der Waals surface area contributed by atoms with Crippen molar-refractivity contribution >= 4 is 40.6 Å². The highest BCUT2D eigenvalue weighted by molar-refractivity contribution is 6.43. The molecule has 0 N–H and O–H groups in total. The Hall–Kier alpha value is -0.240. The van der Waals surface area contributed by atoms with Crippen molar-refractivity contribution in [1.82, 2.24) is 0 Å². The van der Waals surface area contributed by atoms with E-state index >= 15 is 0 Å². The van der Waals surface area contributed by atoms with Gasteiger partial charge in [0.05, 0.1) is 10.0 Å². The number of Topliss-reactive ketones (excluding diaryl/α,β-unsaturated/α-hetero) is 1. The average Bonchev–Trinajstić information content (AvgIpc) is 2.18. The summed E-state index contributed by atoms with van der Waals surface area (Å²) in [5.41, 5.74) is 0.476. The molecule has 0 amide bonds. The van der Waals surface area contributed by atoms with E-state index in [9.17, 15) is 4.79 Å². The van der Waals surface area contributed by atoms with Crippen molar-refractivity contribution in [3.8, 4) is 0 Å². The Morgan fingerprint density at radius 1 is 1.29 bits per heavy atom. The molecule has 0 aromatic heterocycles. The van der Waals surface area contributed by atoms with E-state index in [1.807, 2.05) is 0 Å². The molecule has 0 aliphatic rings. The summed E-state index contributed by atoms with van der Waals surface area (Å²) in [6, 6.07) is 5.04. The molecule has 1 aromatic carbocycles. The van der Waals surface area contributed by atoms with Crippen LogP contribution >= 0.6 is 34.8 Å². The van der Waals surface area contributed by atoms with Crippen LogP contribution in [0.2, 0.25) is 10.0 Å². The lowest BCUT2D eigenvalue weighted by molar-refractivity contribution is 0.0982. The summed E-state index contributed by atoms with van der Waals surface area (Å²) in [5.74, 6) is 0.461. The second kappa shape index (κ2) is 5.59. The quantitative estimate of drug-likeness (QED) is 0.579. The van der Waals surface area contributed by atoms with Crippen LogP contribution in [0, 0.1) is 0 Å². The molecule has 0 saturated heterocycles. The summed E-state index contributed by atoms with van der Waals surface area (Å²) in [7, 11) is 0. The molecule has 14 heavy (non-hydrogen) atoms. The van der Waals surface area contributed by atoms with Crippen LogP contribution in [0.1, 0.15) is 23.2 Å². The number of rotatable bonds is 4. The highest BCUT2D eigenvalue weighted by atomic mass is 35.5. The lowest BCUT2D eigenvalue weighted by Crippen LogP contribution is -2.00. The van der Waals surface area contributed by atoms with Crippen LogP contribution < -0.4 is 0 Å². The van der Waals surface area contributed by atoms with Crippen molar-refractivity contribution in [2.45, 2.75) is 12.8 Å². The molecule has 0 fully saturated rings. The van der Waals surface area contributed by atoms with Gasteiger partial charge >= 0.3 is 0 Å². The van der Waals surface area contributed by atoms with E-state index in [-0.39, 0.29) is 5.78 Å². The molecular formula is C10H9Cl3O. The van der Waals surface area contributed by atoms with Crippen LogP contribution in [0.15, 0.2) is 18.2 Å². The monoisotopic (exact) mass is 250 g/mol. The van der Waals surface area contributed by atoms with Crippen LogP contribution in [-0.4, -0.2) is 11.7 Å². The Balaban J connectivity index is 2.84. The van der Waals surface area contributed by atoms with Gasteiger partial charge in [0.1, 0.15) is 0 Å². The number of alkyl halides is 1. The predicted molar refractivity (Wildman–Crippen MR) is 60.7 cm³/mol. The van der Waals surface area contributed by atoms with Crippen LogP contribution in [0.5, 0.6) is 0 Å². The maximum atomic E-state index is 11.6. The third kappa shape index (κ3) is 2.88. The van der Waals surface area contributed by atoms with E-state index in [1.54, 1.807) is 18.2 Å². The van der Waals surface area contributed by atoms with Crippen LogP contribution in [0.3, 0.4) is 0 Å². The molecule has 76 valence electrons. The number of carbonyl (C=O) groups excluding carboxylic acids is 1. The van der Waals surface area contributed by atoms with Gasteiger partial charge in [0, 0.05) is 17.9 Å². The highest BCUT2D eigenvalue weighted by Gasteiger charge is 2.11. The van der Waals surface area contributed by atoms with Gasteiger partial charge in [-0.05, 0) is 18.6 Å². The fraction of sp³-hybridized carbons (Fsp3) is 0.300. The van der Waals surface area contributed by atoms with Crippen LogP contribution in [0.4, 0.5) is 0 Å². The lowest BCUT2D eigenvalue weighted by Gasteiger charge is -2.03. The summed E-state index contributed by atoms with van der Waals surface area (Å²) in [6.07, 6.45) is 1.06. The summed E-state index contributed by atoms with van der Waals surface area (Å²) in [6.45, 7) is 0. The fourth-order valence-electron chi connectivity index (χ4n) is 1.08. The molecule has 0 unspecified atom stereocenters. The summed E-state index contributed by atoms with van der Waals surface area (Å²) in [5, 5.41) is 0.733. The Labute approximate surface area is 98.0 Å². The van der Waals surface area contributed by atoms with Gasteiger partial charge in [0.15, 0.2) is 5.78 Å². The SMILES string of the molecule is O=C(CCCCl)c1cccc(Cl)c1Cl. The van der Waals surface area contributed by atoms with Gasteiger partial charge in [-0.2, -0.15) is 0 Å². The van der Waals surface area contributed by atoms with Crippen molar-refractivity contribution < 1.29 is 4.79 Å². The van der Waals surface area contributed by atoms with Crippen molar-refractivity contribution in [2.75, 3.05) is 5.88 Å². The smallest absolute Gasteiger partial charge is 0.164 e. The van der Waals surface area contributed by atoms with Crippen LogP contribution in [0.25, 0.3) is 0 Å². The van der Waals surface area contributed by atoms with Crippen molar-refractivity contribution in [3.05, 3.63) is 33.8 Å².